The van der Waals surface area contributed by atoms with E-state index in [0.29, 0.717) is 17.7 Å². The highest BCUT2D eigenvalue weighted by Crippen LogP contribution is 2.34. The molecule has 0 unspecified atom stereocenters. The van der Waals surface area contributed by atoms with Crippen LogP contribution in [0.2, 0.25) is 0 Å². The summed E-state index contributed by atoms with van der Waals surface area (Å²) in [5.41, 5.74) is 4.06. The van der Waals surface area contributed by atoms with Crippen LogP contribution in [0.4, 0.5) is 0 Å². The van der Waals surface area contributed by atoms with Crippen molar-refractivity contribution in [1.82, 2.24) is 19.4 Å². The fourth-order valence-electron chi connectivity index (χ4n) is 4.13. The summed E-state index contributed by atoms with van der Waals surface area (Å²) in [4.78, 5) is 24.1. The number of aromatic nitrogens is 3. The molecule has 5 nitrogen and oxygen atoms in total. The van der Waals surface area contributed by atoms with E-state index in [9.17, 15) is 4.79 Å². The number of aryl methyl sites for hydroxylation is 1. The van der Waals surface area contributed by atoms with Crippen molar-refractivity contribution < 1.29 is 4.79 Å². The molecule has 6 heteroatoms. The molecule has 0 bridgehead atoms. The smallest absolute Gasteiger partial charge is 0.225 e. The summed E-state index contributed by atoms with van der Waals surface area (Å²) in [6.07, 6.45) is 5.10. The summed E-state index contributed by atoms with van der Waals surface area (Å²) in [6, 6.07) is 10.4. The van der Waals surface area contributed by atoms with E-state index in [0.717, 1.165) is 71.5 Å². The van der Waals surface area contributed by atoms with Gasteiger partial charge in [0.25, 0.3) is 0 Å². The van der Waals surface area contributed by atoms with Crippen LogP contribution in [0.25, 0.3) is 22.6 Å². The number of amides is 1. The van der Waals surface area contributed by atoms with E-state index in [1.807, 2.05) is 25.3 Å². The summed E-state index contributed by atoms with van der Waals surface area (Å²) in [6.45, 7) is 4.61. The van der Waals surface area contributed by atoms with Crippen molar-refractivity contribution in [2.45, 2.75) is 32.7 Å². The van der Waals surface area contributed by atoms with Crippen LogP contribution in [0.15, 0.2) is 41.0 Å². The molecular formula is C22H23BrN4O. The van der Waals surface area contributed by atoms with Gasteiger partial charge < -0.3 is 9.47 Å². The van der Waals surface area contributed by atoms with Gasteiger partial charge in [-0.15, -0.1) is 0 Å². The number of benzene rings is 1. The molecule has 3 heterocycles. The lowest BCUT2D eigenvalue weighted by atomic mass is 10.1. The maximum Gasteiger partial charge on any atom is 0.225 e. The number of carbonyl (C=O) groups excluding carboxylic acids is 1. The highest BCUT2D eigenvalue weighted by molar-refractivity contribution is 9.10. The number of halogens is 1. The van der Waals surface area contributed by atoms with E-state index in [1.165, 1.54) is 0 Å². The van der Waals surface area contributed by atoms with Gasteiger partial charge in [0.2, 0.25) is 5.91 Å². The molecule has 2 aromatic heterocycles. The van der Waals surface area contributed by atoms with Crippen LogP contribution in [-0.2, 0) is 11.3 Å². The van der Waals surface area contributed by atoms with Crippen molar-refractivity contribution in [3.05, 3.63) is 46.6 Å². The molecule has 0 N–H and O–H groups in total. The Morgan fingerprint density at radius 2 is 2.00 bits per heavy atom. The predicted molar refractivity (Wildman–Crippen MR) is 113 cm³/mol. The lowest BCUT2D eigenvalue weighted by molar-refractivity contribution is -0.131. The summed E-state index contributed by atoms with van der Waals surface area (Å²) >= 11 is 3.51. The molecule has 1 aromatic carbocycles. The van der Waals surface area contributed by atoms with Gasteiger partial charge in [0.05, 0.1) is 0 Å². The Kier molecular flexibility index (Phi) is 4.46. The topological polar surface area (TPSA) is 51.0 Å². The SMILES string of the molecule is Cc1cnc2c(c1)nc(-c1ccc(Br)cc1)n2C[C@H]1CCN(C(=O)C2CC2)C1. The molecule has 1 atom stereocenters. The zero-order chi connectivity index (χ0) is 19.3. The molecule has 1 saturated carbocycles. The first-order valence-corrected chi connectivity index (χ1v) is 10.8. The summed E-state index contributed by atoms with van der Waals surface area (Å²) in [5.74, 6) is 2.06. The zero-order valence-electron chi connectivity index (χ0n) is 15.9. The second kappa shape index (κ2) is 6.99. The second-order valence-electron chi connectivity index (χ2n) is 8.12. The predicted octanol–water partition coefficient (Wildman–Crippen LogP) is 4.43. The first kappa shape index (κ1) is 17.9. The Balaban J connectivity index is 1.48. The number of fused-ring (bicyclic) bond motifs is 1. The number of pyridine rings is 1. The number of hydrogen-bond acceptors (Lipinski definition) is 3. The van der Waals surface area contributed by atoms with E-state index in [1.54, 1.807) is 0 Å². The van der Waals surface area contributed by atoms with E-state index in [4.69, 9.17) is 4.98 Å². The fourth-order valence-corrected chi connectivity index (χ4v) is 4.40. The van der Waals surface area contributed by atoms with Crippen LogP contribution in [0.1, 0.15) is 24.8 Å². The van der Waals surface area contributed by atoms with Crippen molar-refractivity contribution >= 4 is 33.0 Å². The number of carbonyl (C=O) groups is 1. The van der Waals surface area contributed by atoms with Gasteiger partial charge in [0.15, 0.2) is 5.65 Å². The Labute approximate surface area is 172 Å². The van der Waals surface area contributed by atoms with Gasteiger partial charge in [-0.1, -0.05) is 28.1 Å². The minimum absolute atomic E-state index is 0.302. The molecule has 0 spiro atoms. The van der Waals surface area contributed by atoms with Crippen LogP contribution in [0.3, 0.4) is 0 Å². The minimum atomic E-state index is 0.302. The van der Waals surface area contributed by atoms with E-state index in [-0.39, 0.29) is 0 Å². The number of nitrogens with zero attached hydrogens (tertiary/aromatic N) is 4. The normalized spacial score (nSPS) is 19.5. The van der Waals surface area contributed by atoms with Crippen molar-refractivity contribution in [3.8, 4) is 11.4 Å². The Morgan fingerprint density at radius 1 is 1.21 bits per heavy atom. The standard InChI is InChI=1S/C22H23BrN4O/c1-14-10-19-21(24-11-14)27(20(25-19)16-4-6-18(23)7-5-16)13-15-8-9-26(12-15)22(28)17-2-3-17/h4-7,10-11,15,17H,2-3,8-9,12-13H2,1H3/t15-/m0/s1. The van der Waals surface area contributed by atoms with Gasteiger partial charge in [-0.25, -0.2) is 9.97 Å². The summed E-state index contributed by atoms with van der Waals surface area (Å²) in [7, 11) is 0. The molecular weight excluding hydrogens is 416 g/mol. The first-order chi connectivity index (χ1) is 13.6. The van der Waals surface area contributed by atoms with Crippen molar-refractivity contribution in [2.75, 3.05) is 13.1 Å². The Hall–Kier alpha value is -2.21. The molecule has 0 radical (unpaired) electrons. The number of likely N-dealkylation sites (tertiary alicyclic amines) is 1. The average Bonchev–Trinajstić information content (AvgIpc) is 3.34. The largest absolute Gasteiger partial charge is 0.342 e. The maximum absolute atomic E-state index is 12.4. The van der Waals surface area contributed by atoms with Crippen LogP contribution in [0, 0.1) is 18.8 Å². The number of hydrogen-bond donors (Lipinski definition) is 0. The number of imidazole rings is 1. The zero-order valence-corrected chi connectivity index (χ0v) is 17.5. The van der Waals surface area contributed by atoms with E-state index < -0.39 is 0 Å². The molecule has 2 fully saturated rings. The average molecular weight is 439 g/mol. The molecule has 144 valence electrons. The third-order valence-electron chi connectivity index (χ3n) is 5.79. The molecule has 28 heavy (non-hydrogen) atoms. The third-order valence-corrected chi connectivity index (χ3v) is 6.32. The van der Waals surface area contributed by atoms with Gasteiger partial charge in [-0.2, -0.15) is 0 Å². The van der Waals surface area contributed by atoms with E-state index >= 15 is 0 Å². The summed E-state index contributed by atoms with van der Waals surface area (Å²) < 4.78 is 3.30. The Bertz CT molecular complexity index is 1040. The van der Waals surface area contributed by atoms with Gasteiger partial charge in [-0.05, 0) is 55.9 Å². The van der Waals surface area contributed by atoms with Gasteiger partial charge >= 0.3 is 0 Å². The molecule has 1 aliphatic heterocycles. The third kappa shape index (κ3) is 3.34. The van der Waals surface area contributed by atoms with Crippen molar-refractivity contribution in [3.63, 3.8) is 0 Å². The minimum Gasteiger partial charge on any atom is -0.342 e. The van der Waals surface area contributed by atoms with Crippen LogP contribution in [0.5, 0.6) is 0 Å². The molecule has 1 aliphatic carbocycles. The van der Waals surface area contributed by atoms with E-state index in [2.05, 4.69) is 48.6 Å². The second-order valence-corrected chi connectivity index (χ2v) is 9.04. The molecule has 3 aromatic rings. The van der Waals surface area contributed by atoms with Gasteiger partial charge in [0.1, 0.15) is 11.3 Å². The van der Waals surface area contributed by atoms with Crippen molar-refractivity contribution in [2.24, 2.45) is 11.8 Å². The fraction of sp³-hybridized carbons (Fsp3) is 0.409. The highest BCUT2D eigenvalue weighted by Gasteiger charge is 2.36. The summed E-state index contributed by atoms with van der Waals surface area (Å²) in [5, 5.41) is 0. The first-order valence-electron chi connectivity index (χ1n) is 9.96. The van der Waals surface area contributed by atoms with Crippen LogP contribution >= 0.6 is 15.9 Å². The van der Waals surface area contributed by atoms with Crippen molar-refractivity contribution in [1.29, 1.82) is 0 Å². The van der Waals surface area contributed by atoms with Crippen LogP contribution < -0.4 is 0 Å². The van der Waals surface area contributed by atoms with Gasteiger partial charge in [0, 0.05) is 41.8 Å². The lowest BCUT2D eigenvalue weighted by Crippen LogP contribution is -2.30. The molecule has 5 rings (SSSR count). The molecule has 1 amide bonds. The van der Waals surface area contributed by atoms with Gasteiger partial charge in [-0.3, -0.25) is 4.79 Å². The molecule has 1 saturated heterocycles. The lowest BCUT2D eigenvalue weighted by Gasteiger charge is -2.17. The Morgan fingerprint density at radius 3 is 2.75 bits per heavy atom. The number of rotatable bonds is 4. The maximum atomic E-state index is 12.4. The highest BCUT2D eigenvalue weighted by atomic mass is 79.9. The quantitative estimate of drug-likeness (QED) is 0.605. The van der Waals surface area contributed by atoms with Crippen LogP contribution in [-0.4, -0.2) is 38.4 Å². The molecule has 2 aliphatic rings. The monoisotopic (exact) mass is 438 g/mol.